The van der Waals surface area contributed by atoms with E-state index in [1.807, 2.05) is 30.3 Å². The molecule has 0 aliphatic heterocycles. The van der Waals surface area contributed by atoms with Crippen LogP contribution in [0.2, 0.25) is 0 Å². The SMILES string of the molecule is O=C(O)C1(C(=O)O)C=C(c2ccccc2)C=CC1. The Morgan fingerprint density at radius 2 is 1.67 bits per heavy atom. The zero-order valence-corrected chi connectivity index (χ0v) is 9.54. The number of hydrogen-bond donors (Lipinski definition) is 2. The zero-order chi connectivity index (χ0) is 13.2. The van der Waals surface area contributed by atoms with Crippen molar-refractivity contribution in [1.29, 1.82) is 0 Å². The number of benzene rings is 1. The fraction of sp³-hybridized carbons (Fsp3) is 0.143. The molecule has 0 fully saturated rings. The third-order valence-electron chi connectivity index (χ3n) is 3.01. The van der Waals surface area contributed by atoms with E-state index in [-0.39, 0.29) is 6.42 Å². The van der Waals surface area contributed by atoms with Gasteiger partial charge >= 0.3 is 11.9 Å². The van der Waals surface area contributed by atoms with Crippen molar-refractivity contribution < 1.29 is 19.8 Å². The average molecular weight is 244 g/mol. The molecule has 0 radical (unpaired) electrons. The Bertz CT molecular complexity index is 526. The molecule has 0 saturated carbocycles. The number of carboxylic acid groups (broad SMARTS) is 2. The van der Waals surface area contributed by atoms with Crippen LogP contribution in [0.3, 0.4) is 0 Å². The monoisotopic (exact) mass is 244 g/mol. The highest BCUT2D eigenvalue weighted by molar-refractivity contribution is 6.03. The molecule has 0 heterocycles. The fourth-order valence-corrected chi connectivity index (χ4v) is 1.94. The van der Waals surface area contributed by atoms with Crippen LogP contribution >= 0.6 is 0 Å². The minimum Gasteiger partial charge on any atom is -0.480 e. The van der Waals surface area contributed by atoms with Crippen LogP contribution in [0.5, 0.6) is 0 Å². The van der Waals surface area contributed by atoms with Crippen LogP contribution < -0.4 is 0 Å². The van der Waals surface area contributed by atoms with Crippen molar-refractivity contribution >= 4 is 17.5 Å². The molecule has 92 valence electrons. The lowest BCUT2D eigenvalue weighted by Crippen LogP contribution is -2.38. The maximum absolute atomic E-state index is 11.2. The molecule has 0 amide bonds. The Morgan fingerprint density at radius 3 is 2.22 bits per heavy atom. The van der Waals surface area contributed by atoms with Gasteiger partial charge < -0.3 is 10.2 Å². The van der Waals surface area contributed by atoms with Crippen molar-refractivity contribution in [3.05, 3.63) is 54.1 Å². The summed E-state index contributed by atoms with van der Waals surface area (Å²) in [4.78, 5) is 22.5. The summed E-state index contributed by atoms with van der Waals surface area (Å²) in [7, 11) is 0. The van der Waals surface area contributed by atoms with E-state index in [1.54, 1.807) is 12.2 Å². The maximum atomic E-state index is 11.2. The topological polar surface area (TPSA) is 74.6 Å². The third kappa shape index (κ3) is 1.93. The average Bonchev–Trinajstić information content (AvgIpc) is 2.39. The highest BCUT2D eigenvalue weighted by Gasteiger charge is 2.45. The molecule has 0 saturated heterocycles. The van der Waals surface area contributed by atoms with Gasteiger partial charge in [0, 0.05) is 0 Å². The standard InChI is InChI=1S/C14H12O4/c15-12(16)14(13(17)18)8-4-7-11(9-14)10-5-2-1-3-6-10/h1-7,9H,8H2,(H,15,16)(H,17,18). The molecule has 1 aromatic carbocycles. The Labute approximate surface area is 104 Å². The van der Waals surface area contributed by atoms with E-state index in [2.05, 4.69) is 0 Å². The van der Waals surface area contributed by atoms with E-state index in [1.165, 1.54) is 6.08 Å². The lowest BCUT2D eigenvalue weighted by Gasteiger charge is -2.23. The summed E-state index contributed by atoms with van der Waals surface area (Å²) >= 11 is 0. The van der Waals surface area contributed by atoms with E-state index in [0.717, 1.165) is 5.56 Å². The van der Waals surface area contributed by atoms with Crippen LogP contribution in [0.15, 0.2) is 48.6 Å². The van der Waals surface area contributed by atoms with E-state index in [4.69, 9.17) is 10.2 Å². The summed E-state index contributed by atoms with van der Waals surface area (Å²) in [5.74, 6) is -2.68. The molecule has 18 heavy (non-hydrogen) atoms. The number of hydrogen-bond acceptors (Lipinski definition) is 2. The Hall–Kier alpha value is -2.36. The van der Waals surface area contributed by atoms with Gasteiger partial charge in [0.15, 0.2) is 5.41 Å². The molecule has 1 aliphatic carbocycles. The number of carboxylic acids is 2. The first-order chi connectivity index (χ1) is 8.56. The second-order valence-electron chi connectivity index (χ2n) is 4.15. The van der Waals surface area contributed by atoms with Gasteiger partial charge in [-0.15, -0.1) is 0 Å². The van der Waals surface area contributed by atoms with Crippen LogP contribution in [0.4, 0.5) is 0 Å². The van der Waals surface area contributed by atoms with Crippen molar-refractivity contribution in [3.8, 4) is 0 Å². The van der Waals surface area contributed by atoms with E-state index >= 15 is 0 Å². The molecular weight excluding hydrogens is 232 g/mol. The van der Waals surface area contributed by atoms with Crippen molar-refractivity contribution in [1.82, 2.24) is 0 Å². The third-order valence-corrected chi connectivity index (χ3v) is 3.01. The molecule has 2 rings (SSSR count). The quantitative estimate of drug-likeness (QED) is 0.799. The van der Waals surface area contributed by atoms with Gasteiger partial charge in [-0.05, 0) is 23.6 Å². The number of carbonyl (C=O) groups is 2. The van der Waals surface area contributed by atoms with Crippen molar-refractivity contribution in [3.63, 3.8) is 0 Å². The summed E-state index contributed by atoms with van der Waals surface area (Å²) in [6.45, 7) is 0. The first-order valence-electron chi connectivity index (χ1n) is 5.48. The molecule has 0 aromatic heterocycles. The molecule has 2 N–H and O–H groups in total. The fourth-order valence-electron chi connectivity index (χ4n) is 1.94. The molecule has 0 unspecified atom stereocenters. The van der Waals surface area contributed by atoms with Gasteiger partial charge in [0.05, 0.1) is 0 Å². The summed E-state index contributed by atoms with van der Waals surface area (Å²) in [5, 5.41) is 18.3. The lowest BCUT2D eigenvalue weighted by atomic mass is 9.78. The van der Waals surface area contributed by atoms with Gasteiger partial charge in [0.25, 0.3) is 0 Å². The summed E-state index contributed by atoms with van der Waals surface area (Å²) < 4.78 is 0. The summed E-state index contributed by atoms with van der Waals surface area (Å²) in [6.07, 6.45) is 4.62. The summed E-state index contributed by atoms with van der Waals surface area (Å²) in [6, 6.07) is 9.12. The van der Waals surface area contributed by atoms with Crippen molar-refractivity contribution in [2.75, 3.05) is 0 Å². The lowest BCUT2D eigenvalue weighted by molar-refractivity contribution is -0.160. The van der Waals surface area contributed by atoms with Gasteiger partial charge in [0.2, 0.25) is 0 Å². The smallest absolute Gasteiger partial charge is 0.325 e. The van der Waals surface area contributed by atoms with Gasteiger partial charge in [-0.2, -0.15) is 0 Å². The normalized spacial score (nSPS) is 17.0. The van der Waals surface area contributed by atoms with Crippen LogP contribution in [-0.4, -0.2) is 22.2 Å². The van der Waals surface area contributed by atoms with Gasteiger partial charge in [-0.1, -0.05) is 42.5 Å². The minimum absolute atomic E-state index is 0.0337. The van der Waals surface area contributed by atoms with Crippen LogP contribution in [0.1, 0.15) is 12.0 Å². The molecule has 0 spiro atoms. The zero-order valence-electron chi connectivity index (χ0n) is 9.54. The predicted octanol–water partition coefficient (Wildman–Crippen LogP) is 2.19. The summed E-state index contributed by atoms with van der Waals surface area (Å²) in [5.41, 5.74) is -0.438. The Kier molecular flexibility index (Phi) is 3.02. The first kappa shape index (κ1) is 12.1. The van der Waals surface area contributed by atoms with Crippen LogP contribution in [0.25, 0.3) is 5.57 Å². The molecule has 1 aromatic rings. The number of allylic oxidation sites excluding steroid dienone is 3. The molecule has 4 heteroatoms. The number of aliphatic carboxylic acids is 2. The van der Waals surface area contributed by atoms with Gasteiger partial charge in [-0.3, -0.25) is 9.59 Å². The van der Waals surface area contributed by atoms with E-state index < -0.39 is 17.4 Å². The van der Waals surface area contributed by atoms with E-state index in [0.29, 0.717) is 5.57 Å². The molecular formula is C14H12O4. The minimum atomic E-state index is -1.86. The van der Waals surface area contributed by atoms with E-state index in [9.17, 15) is 9.59 Å². The Balaban J connectivity index is 2.50. The number of rotatable bonds is 3. The van der Waals surface area contributed by atoms with Crippen molar-refractivity contribution in [2.45, 2.75) is 6.42 Å². The van der Waals surface area contributed by atoms with Crippen molar-refractivity contribution in [2.24, 2.45) is 5.41 Å². The van der Waals surface area contributed by atoms with Crippen LogP contribution in [-0.2, 0) is 9.59 Å². The predicted molar refractivity (Wildman–Crippen MR) is 65.9 cm³/mol. The second kappa shape index (κ2) is 4.49. The molecule has 1 aliphatic rings. The highest BCUT2D eigenvalue weighted by Crippen LogP contribution is 2.34. The highest BCUT2D eigenvalue weighted by atomic mass is 16.4. The second-order valence-corrected chi connectivity index (χ2v) is 4.15. The maximum Gasteiger partial charge on any atom is 0.325 e. The molecule has 0 atom stereocenters. The van der Waals surface area contributed by atoms with Gasteiger partial charge in [-0.25, -0.2) is 0 Å². The molecule has 0 bridgehead atoms. The van der Waals surface area contributed by atoms with Crippen LogP contribution in [0, 0.1) is 5.41 Å². The first-order valence-corrected chi connectivity index (χ1v) is 5.48. The van der Waals surface area contributed by atoms with Gasteiger partial charge in [0.1, 0.15) is 0 Å². The molecule has 4 nitrogen and oxygen atoms in total. The largest absolute Gasteiger partial charge is 0.480 e. The Morgan fingerprint density at radius 1 is 1.06 bits per heavy atom.